The van der Waals surface area contributed by atoms with Crippen LogP contribution in [0, 0.1) is 0 Å². The molecule has 0 atom stereocenters. The van der Waals surface area contributed by atoms with Crippen molar-refractivity contribution in [1.82, 2.24) is 14.5 Å². The van der Waals surface area contributed by atoms with Gasteiger partial charge in [0.25, 0.3) is 5.56 Å². The van der Waals surface area contributed by atoms with Crippen LogP contribution in [0.4, 0.5) is 0 Å². The number of aromatic amines is 1. The topological polar surface area (TPSA) is 77.0 Å². The highest BCUT2D eigenvalue weighted by Crippen LogP contribution is 2.26. The first-order valence-corrected chi connectivity index (χ1v) is 8.25. The van der Waals surface area contributed by atoms with Gasteiger partial charge in [-0.05, 0) is 12.1 Å². The molecule has 6 nitrogen and oxygen atoms in total. The largest absolute Gasteiger partial charge is 0.496 e. The van der Waals surface area contributed by atoms with E-state index in [2.05, 4.69) is 25.9 Å². The molecule has 0 aliphatic heterocycles. The fourth-order valence-corrected chi connectivity index (χ4v) is 3.37. The molecule has 2 aromatic heterocycles. The summed E-state index contributed by atoms with van der Waals surface area (Å²) in [6.45, 7) is 0. The Labute approximate surface area is 149 Å². The molecule has 2 heterocycles. The number of aromatic nitrogens is 3. The predicted octanol–water partition coefficient (Wildman–Crippen LogP) is 3.00. The minimum absolute atomic E-state index is 0.304. The van der Waals surface area contributed by atoms with E-state index in [-0.39, 0.29) is 0 Å². The summed E-state index contributed by atoms with van der Waals surface area (Å²) < 4.78 is 7.12. The van der Waals surface area contributed by atoms with Gasteiger partial charge in [-0.1, -0.05) is 40.2 Å². The second-order valence-electron chi connectivity index (χ2n) is 5.48. The minimum atomic E-state index is -0.532. The van der Waals surface area contributed by atoms with Crippen LogP contribution in [-0.2, 0) is 0 Å². The number of nitrogens with zero attached hydrogens (tertiary/aromatic N) is 2. The molecule has 4 rings (SSSR count). The summed E-state index contributed by atoms with van der Waals surface area (Å²) in [5.41, 5.74) is -0.154. The summed E-state index contributed by atoms with van der Waals surface area (Å²) in [6, 6.07) is 10.8. The molecule has 0 fully saturated rings. The van der Waals surface area contributed by atoms with Crippen LogP contribution >= 0.6 is 15.9 Å². The van der Waals surface area contributed by atoms with E-state index in [1.54, 1.807) is 18.3 Å². The zero-order valence-electron chi connectivity index (χ0n) is 13.1. The molecule has 0 saturated heterocycles. The SMILES string of the molecule is COc1cc(Br)cc2[nH]c(=O)n(-c3cncc4ccccc34)c(=O)c12. The highest BCUT2D eigenvalue weighted by atomic mass is 79.9. The number of ether oxygens (including phenoxy) is 1. The zero-order valence-corrected chi connectivity index (χ0v) is 14.7. The quantitative estimate of drug-likeness (QED) is 0.563. The van der Waals surface area contributed by atoms with Gasteiger partial charge in [-0.3, -0.25) is 9.78 Å². The molecule has 0 saturated carbocycles. The van der Waals surface area contributed by atoms with Gasteiger partial charge in [0.05, 0.1) is 24.5 Å². The molecule has 0 spiro atoms. The third-order valence-electron chi connectivity index (χ3n) is 4.04. The molecular weight excluding hydrogens is 386 g/mol. The monoisotopic (exact) mass is 397 g/mol. The molecule has 0 unspecified atom stereocenters. The number of halogens is 1. The standard InChI is InChI=1S/C18H12BrN3O3/c1-25-15-7-11(19)6-13-16(15)17(23)22(18(24)21-13)14-9-20-8-10-4-2-3-5-12(10)14/h2-9H,1H3,(H,21,24). The van der Waals surface area contributed by atoms with Crippen molar-refractivity contribution in [3.63, 3.8) is 0 Å². The second-order valence-corrected chi connectivity index (χ2v) is 6.40. The maximum Gasteiger partial charge on any atom is 0.333 e. The van der Waals surface area contributed by atoms with Gasteiger partial charge in [0.1, 0.15) is 11.1 Å². The van der Waals surface area contributed by atoms with Gasteiger partial charge in [0.2, 0.25) is 0 Å². The van der Waals surface area contributed by atoms with Crippen LogP contribution in [0.2, 0.25) is 0 Å². The number of hydrogen-bond acceptors (Lipinski definition) is 4. The fourth-order valence-electron chi connectivity index (χ4n) is 2.93. The Morgan fingerprint density at radius 1 is 1.16 bits per heavy atom. The van der Waals surface area contributed by atoms with E-state index in [9.17, 15) is 9.59 Å². The van der Waals surface area contributed by atoms with Crippen molar-refractivity contribution in [2.45, 2.75) is 0 Å². The van der Waals surface area contributed by atoms with Crippen molar-refractivity contribution in [1.29, 1.82) is 0 Å². The van der Waals surface area contributed by atoms with Crippen molar-refractivity contribution >= 4 is 37.6 Å². The third kappa shape index (κ3) is 2.44. The van der Waals surface area contributed by atoms with Gasteiger partial charge < -0.3 is 9.72 Å². The lowest BCUT2D eigenvalue weighted by molar-refractivity contribution is 0.419. The molecule has 0 aliphatic carbocycles. The molecule has 0 amide bonds. The van der Waals surface area contributed by atoms with Crippen LogP contribution in [0.25, 0.3) is 27.4 Å². The molecular formula is C18H12BrN3O3. The number of pyridine rings is 1. The lowest BCUT2D eigenvalue weighted by atomic mass is 10.1. The summed E-state index contributed by atoms with van der Waals surface area (Å²) >= 11 is 3.35. The summed E-state index contributed by atoms with van der Waals surface area (Å²) in [6.07, 6.45) is 3.20. The Balaban J connectivity index is 2.18. The lowest BCUT2D eigenvalue weighted by Crippen LogP contribution is -2.34. The third-order valence-corrected chi connectivity index (χ3v) is 4.49. The van der Waals surface area contributed by atoms with Crippen LogP contribution in [0.3, 0.4) is 0 Å². The van der Waals surface area contributed by atoms with Gasteiger partial charge in [-0.2, -0.15) is 0 Å². The summed E-state index contributed by atoms with van der Waals surface area (Å²) in [5, 5.41) is 1.91. The van der Waals surface area contributed by atoms with Crippen LogP contribution in [0.5, 0.6) is 5.75 Å². The Hall–Kier alpha value is -2.93. The summed E-state index contributed by atoms with van der Waals surface area (Å²) in [4.78, 5) is 32.6. The highest BCUT2D eigenvalue weighted by Gasteiger charge is 2.16. The van der Waals surface area contributed by atoms with Crippen molar-refractivity contribution in [2.75, 3.05) is 7.11 Å². The van der Waals surface area contributed by atoms with Gasteiger partial charge in [0, 0.05) is 21.4 Å². The normalized spacial score (nSPS) is 11.1. The number of fused-ring (bicyclic) bond motifs is 2. The van der Waals surface area contributed by atoms with E-state index in [1.165, 1.54) is 13.3 Å². The number of benzene rings is 2. The van der Waals surface area contributed by atoms with E-state index in [0.717, 1.165) is 15.3 Å². The number of nitrogens with one attached hydrogen (secondary N) is 1. The van der Waals surface area contributed by atoms with Crippen molar-refractivity contribution in [3.8, 4) is 11.4 Å². The average Bonchev–Trinajstić information content (AvgIpc) is 2.60. The molecule has 0 aliphatic rings. The number of H-pyrrole nitrogens is 1. The molecule has 1 N–H and O–H groups in total. The van der Waals surface area contributed by atoms with Crippen LogP contribution in [0.1, 0.15) is 0 Å². The van der Waals surface area contributed by atoms with Gasteiger partial charge >= 0.3 is 5.69 Å². The second kappa shape index (κ2) is 5.86. The van der Waals surface area contributed by atoms with E-state index < -0.39 is 11.2 Å². The van der Waals surface area contributed by atoms with E-state index in [1.807, 2.05) is 24.3 Å². The molecule has 0 bridgehead atoms. The van der Waals surface area contributed by atoms with Crippen LogP contribution < -0.4 is 16.0 Å². The molecule has 25 heavy (non-hydrogen) atoms. The number of hydrogen-bond donors (Lipinski definition) is 1. The fraction of sp³-hybridized carbons (Fsp3) is 0.0556. The van der Waals surface area contributed by atoms with Gasteiger partial charge in [-0.15, -0.1) is 0 Å². The summed E-state index contributed by atoms with van der Waals surface area (Å²) in [5.74, 6) is 0.382. The number of rotatable bonds is 2. The van der Waals surface area contributed by atoms with E-state index in [4.69, 9.17) is 4.74 Å². The molecule has 2 aromatic carbocycles. The predicted molar refractivity (Wildman–Crippen MR) is 99.7 cm³/mol. The number of methoxy groups -OCH3 is 1. The van der Waals surface area contributed by atoms with E-state index >= 15 is 0 Å². The molecule has 124 valence electrons. The molecule has 0 radical (unpaired) electrons. The van der Waals surface area contributed by atoms with Crippen molar-refractivity contribution in [2.24, 2.45) is 0 Å². The smallest absolute Gasteiger partial charge is 0.333 e. The van der Waals surface area contributed by atoms with Crippen LogP contribution in [0.15, 0.2) is 62.9 Å². The first kappa shape index (κ1) is 15.6. The summed E-state index contributed by atoms with van der Waals surface area (Å²) in [7, 11) is 1.48. The maximum atomic E-state index is 13.1. The molecule has 4 aromatic rings. The minimum Gasteiger partial charge on any atom is -0.496 e. The Morgan fingerprint density at radius 2 is 1.96 bits per heavy atom. The Kier molecular flexibility index (Phi) is 3.65. The lowest BCUT2D eigenvalue weighted by Gasteiger charge is -2.11. The zero-order chi connectivity index (χ0) is 17.6. The first-order chi connectivity index (χ1) is 12.1. The van der Waals surface area contributed by atoms with E-state index in [0.29, 0.717) is 26.8 Å². The Bertz CT molecular complexity index is 1240. The van der Waals surface area contributed by atoms with Gasteiger partial charge in [0.15, 0.2) is 0 Å². The van der Waals surface area contributed by atoms with Crippen LogP contribution in [-0.4, -0.2) is 21.6 Å². The first-order valence-electron chi connectivity index (χ1n) is 7.46. The average molecular weight is 398 g/mol. The Morgan fingerprint density at radius 3 is 2.76 bits per heavy atom. The molecule has 7 heteroatoms. The van der Waals surface area contributed by atoms with Crippen molar-refractivity contribution in [3.05, 3.63) is 74.1 Å². The highest BCUT2D eigenvalue weighted by molar-refractivity contribution is 9.10. The maximum absolute atomic E-state index is 13.1. The van der Waals surface area contributed by atoms with Gasteiger partial charge in [-0.25, -0.2) is 9.36 Å². The van der Waals surface area contributed by atoms with Crippen molar-refractivity contribution < 1.29 is 4.74 Å².